The first-order chi connectivity index (χ1) is 16.8. The van der Waals surface area contributed by atoms with Gasteiger partial charge in [0.25, 0.3) is 0 Å². The summed E-state index contributed by atoms with van der Waals surface area (Å²) in [4.78, 5) is 0. The Kier molecular flexibility index (Phi) is 12.1. The second-order valence-corrected chi connectivity index (χ2v) is 8.87. The molecule has 0 amide bonds. The zero-order valence-electron chi connectivity index (χ0n) is 21.0. The third-order valence-corrected chi connectivity index (χ3v) is 6.41. The van der Waals surface area contributed by atoms with Crippen molar-refractivity contribution in [2.45, 2.75) is 25.8 Å². The van der Waals surface area contributed by atoms with Gasteiger partial charge in [-0.25, -0.2) is 0 Å². The van der Waals surface area contributed by atoms with Gasteiger partial charge in [-0.05, 0) is 28.7 Å². The summed E-state index contributed by atoms with van der Waals surface area (Å²) < 4.78 is 2.45. The van der Waals surface area contributed by atoms with Crippen molar-refractivity contribution in [1.82, 2.24) is 6.15 Å². The number of pyridine rings is 1. The van der Waals surface area contributed by atoms with E-state index in [2.05, 4.69) is 138 Å². The summed E-state index contributed by atoms with van der Waals surface area (Å²) in [7, 11) is 0. The number of nitrogens with zero attached hydrogens (tertiary/aromatic N) is 1. The molecule has 5 aromatic rings. The van der Waals surface area contributed by atoms with Crippen LogP contribution < -0.4 is 23.1 Å². The maximum absolute atomic E-state index is 2.45. The Morgan fingerprint density at radius 3 is 1.35 bits per heavy atom. The Morgan fingerprint density at radius 1 is 0.459 bits per heavy atom. The van der Waals surface area contributed by atoms with Crippen molar-refractivity contribution in [2.75, 3.05) is 0 Å². The molecule has 0 atom stereocenters. The molecule has 0 spiro atoms. The van der Waals surface area contributed by atoms with Gasteiger partial charge < -0.3 is 18.6 Å². The standard InChI is InChI=1S/C33H30N.2ClH.H3N/c1-5-13-27(14-6-1)23-31-21-22-34(26-30-19-11-4-12-20-30)33(25-29-17-9-3-10-18-29)32(31)24-28-15-7-2-8-16-28;;;/h1-22H,23-26H2;2*1H;1H3/q+1;;;/p-1. The molecule has 0 fully saturated rings. The van der Waals surface area contributed by atoms with Crippen LogP contribution in [0.4, 0.5) is 0 Å². The van der Waals surface area contributed by atoms with Gasteiger partial charge in [-0.2, -0.15) is 4.57 Å². The van der Waals surface area contributed by atoms with E-state index in [1.165, 1.54) is 39.1 Å². The minimum atomic E-state index is 0. The molecule has 3 N–H and O–H groups in total. The van der Waals surface area contributed by atoms with Gasteiger partial charge in [-0.3, -0.25) is 0 Å². The minimum absolute atomic E-state index is 0. The van der Waals surface area contributed by atoms with Gasteiger partial charge >= 0.3 is 0 Å². The number of halogens is 2. The van der Waals surface area contributed by atoms with E-state index in [0.29, 0.717) is 0 Å². The number of hydrogen-bond acceptors (Lipinski definition) is 1. The highest BCUT2D eigenvalue weighted by Crippen LogP contribution is 2.22. The molecule has 0 saturated carbocycles. The van der Waals surface area contributed by atoms with Gasteiger partial charge in [0.1, 0.15) is 0 Å². The summed E-state index contributed by atoms with van der Waals surface area (Å²) in [6.45, 7) is 0.871. The van der Waals surface area contributed by atoms with Crippen molar-refractivity contribution >= 4 is 12.4 Å². The van der Waals surface area contributed by atoms with E-state index < -0.39 is 0 Å². The van der Waals surface area contributed by atoms with Crippen LogP contribution in [0.25, 0.3) is 0 Å². The fraction of sp³-hybridized carbons (Fsp3) is 0.121. The van der Waals surface area contributed by atoms with E-state index in [4.69, 9.17) is 0 Å². The summed E-state index contributed by atoms with van der Waals surface area (Å²) in [5.74, 6) is 0. The normalized spacial score (nSPS) is 9.95. The van der Waals surface area contributed by atoms with Gasteiger partial charge in [-0.1, -0.05) is 121 Å². The van der Waals surface area contributed by atoms with Crippen LogP contribution in [-0.2, 0) is 25.8 Å². The first kappa shape index (κ1) is 29.8. The average molecular weight is 530 g/mol. The summed E-state index contributed by atoms with van der Waals surface area (Å²) >= 11 is 0. The van der Waals surface area contributed by atoms with Crippen molar-refractivity contribution in [1.29, 1.82) is 0 Å². The van der Waals surface area contributed by atoms with Crippen LogP contribution >= 0.6 is 12.4 Å². The molecule has 4 heteroatoms. The quantitative estimate of drug-likeness (QED) is 0.298. The van der Waals surface area contributed by atoms with Crippen LogP contribution in [0.5, 0.6) is 0 Å². The molecule has 37 heavy (non-hydrogen) atoms. The molecule has 0 aliphatic rings. The maximum atomic E-state index is 2.45. The predicted octanol–water partition coefficient (Wildman–Crippen LogP) is 4.38. The molecule has 0 aliphatic carbocycles. The maximum Gasteiger partial charge on any atom is 0.189 e. The van der Waals surface area contributed by atoms with Gasteiger partial charge in [0.2, 0.25) is 0 Å². The lowest BCUT2D eigenvalue weighted by Crippen LogP contribution is -3.00. The van der Waals surface area contributed by atoms with E-state index in [1.54, 1.807) is 0 Å². The highest BCUT2D eigenvalue weighted by Gasteiger charge is 2.21. The zero-order chi connectivity index (χ0) is 23.0. The fourth-order valence-electron chi connectivity index (χ4n) is 4.65. The summed E-state index contributed by atoms with van der Waals surface area (Å²) in [6, 6.07) is 45.7. The molecule has 0 aliphatic heterocycles. The summed E-state index contributed by atoms with van der Waals surface area (Å²) in [5, 5.41) is 0. The van der Waals surface area contributed by atoms with Gasteiger partial charge in [0.05, 0.1) is 6.42 Å². The highest BCUT2D eigenvalue weighted by molar-refractivity contribution is 5.85. The van der Waals surface area contributed by atoms with Crippen molar-refractivity contribution < 1.29 is 17.0 Å². The zero-order valence-corrected chi connectivity index (χ0v) is 22.5. The molecule has 5 rings (SSSR count). The van der Waals surface area contributed by atoms with Gasteiger partial charge in [0, 0.05) is 23.6 Å². The second-order valence-electron chi connectivity index (χ2n) is 8.87. The van der Waals surface area contributed by atoms with Gasteiger partial charge in [0.15, 0.2) is 18.4 Å². The molecule has 2 nitrogen and oxygen atoms in total. The molecule has 0 bridgehead atoms. The fourth-order valence-corrected chi connectivity index (χ4v) is 4.65. The molecule has 0 saturated heterocycles. The third kappa shape index (κ3) is 8.03. The SMILES string of the molecule is Cl.N.[Cl-].c1ccc(Cc2cc[n+](Cc3ccccc3)c(Cc3ccccc3)c2Cc2ccccc2)cc1. The van der Waals surface area contributed by atoms with Crippen LogP contribution in [0.2, 0.25) is 0 Å². The Labute approximate surface area is 233 Å². The molecule has 1 heterocycles. The minimum Gasteiger partial charge on any atom is -1.00 e. The molecular weight excluding hydrogens is 495 g/mol. The van der Waals surface area contributed by atoms with E-state index in [9.17, 15) is 0 Å². The van der Waals surface area contributed by atoms with Gasteiger partial charge in [-0.15, -0.1) is 12.4 Å². The molecule has 190 valence electrons. The summed E-state index contributed by atoms with van der Waals surface area (Å²) in [5.41, 5.74) is 9.61. The lowest BCUT2D eigenvalue weighted by Gasteiger charge is -2.15. The number of benzene rings is 4. The van der Waals surface area contributed by atoms with Crippen LogP contribution in [0.15, 0.2) is 134 Å². The van der Waals surface area contributed by atoms with E-state index in [-0.39, 0.29) is 31.0 Å². The van der Waals surface area contributed by atoms with Crippen molar-refractivity contribution in [3.05, 3.63) is 173 Å². The number of rotatable bonds is 8. The van der Waals surface area contributed by atoms with E-state index in [0.717, 1.165) is 25.8 Å². The first-order valence-corrected chi connectivity index (χ1v) is 12.0. The molecule has 1 aromatic heterocycles. The average Bonchev–Trinajstić information content (AvgIpc) is 2.90. The first-order valence-electron chi connectivity index (χ1n) is 12.0. The lowest BCUT2D eigenvalue weighted by molar-refractivity contribution is -0.695. The molecule has 0 unspecified atom stereocenters. The lowest BCUT2D eigenvalue weighted by atomic mass is 9.91. The number of aromatic nitrogens is 1. The predicted molar refractivity (Wildman–Crippen MR) is 152 cm³/mol. The Bertz CT molecular complexity index is 1220. The third-order valence-electron chi connectivity index (χ3n) is 6.41. The van der Waals surface area contributed by atoms with Crippen LogP contribution in [-0.4, -0.2) is 0 Å². The van der Waals surface area contributed by atoms with Crippen molar-refractivity contribution in [2.24, 2.45) is 0 Å². The number of hydrogen-bond donors (Lipinski definition) is 1. The van der Waals surface area contributed by atoms with Crippen molar-refractivity contribution in [3.8, 4) is 0 Å². The smallest absolute Gasteiger partial charge is 0.189 e. The van der Waals surface area contributed by atoms with E-state index in [1.807, 2.05) is 0 Å². The van der Waals surface area contributed by atoms with Crippen LogP contribution in [0.3, 0.4) is 0 Å². The monoisotopic (exact) mass is 528 g/mol. The second kappa shape index (κ2) is 15.0. The topological polar surface area (TPSA) is 38.9 Å². The van der Waals surface area contributed by atoms with Crippen LogP contribution in [0, 0.1) is 0 Å². The Balaban J connectivity index is 0.00000160. The van der Waals surface area contributed by atoms with Crippen LogP contribution in [0.1, 0.15) is 39.1 Å². The van der Waals surface area contributed by atoms with E-state index >= 15 is 0 Å². The largest absolute Gasteiger partial charge is 1.00 e. The molecule has 4 aromatic carbocycles. The van der Waals surface area contributed by atoms with Crippen molar-refractivity contribution in [3.63, 3.8) is 0 Å². The highest BCUT2D eigenvalue weighted by atomic mass is 35.5. The molecule has 0 radical (unpaired) electrons. The summed E-state index contributed by atoms with van der Waals surface area (Å²) in [6.07, 6.45) is 5.08. The Hall–Kier alpha value is -3.43. The Morgan fingerprint density at radius 2 is 0.865 bits per heavy atom. The molecular formula is C33H34Cl2N2.